The minimum Gasteiger partial charge on any atom is -0.492 e. The average molecular weight is 210 g/mol. The van der Waals surface area contributed by atoms with Crippen molar-refractivity contribution in [2.75, 3.05) is 19.7 Å². The lowest BCUT2D eigenvalue weighted by molar-refractivity contribution is -0.384. The van der Waals surface area contributed by atoms with Crippen molar-refractivity contribution >= 4 is 5.69 Å². The van der Waals surface area contributed by atoms with E-state index >= 15 is 0 Å². The highest BCUT2D eigenvalue weighted by atomic mass is 16.6. The smallest absolute Gasteiger partial charge is 0.269 e. The summed E-state index contributed by atoms with van der Waals surface area (Å²) in [6.45, 7) is 4.26. The van der Waals surface area contributed by atoms with Gasteiger partial charge >= 0.3 is 0 Å². The van der Waals surface area contributed by atoms with Crippen LogP contribution in [0.25, 0.3) is 0 Å². The molecule has 0 saturated heterocycles. The molecule has 0 aromatic heterocycles. The van der Waals surface area contributed by atoms with Crippen LogP contribution in [0.3, 0.4) is 0 Å². The van der Waals surface area contributed by atoms with E-state index in [0.717, 1.165) is 13.1 Å². The van der Waals surface area contributed by atoms with Gasteiger partial charge in [0.15, 0.2) is 0 Å². The van der Waals surface area contributed by atoms with Gasteiger partial charge in [0.1, 0.15) is 12.4 Å². The van der Waals surface area contributed by atoms with Gasteiger partial charge in [-0.25, -0.2) is 0 Å². The molecule has 0 fully saturated rings. The third-order valence-electron chi connectivity index (χ3n) is 1.85. The van der Waals surface area contributed by atoms with Crippen LogP contribution in [0, 0.1) is 10.1 Å². The fourth-order valence-electron chi connectivity index (χ4n) is 1.08. The van der Waals surface area contributed by atoms with Crippen molar-refractivity contribution in [2.45, 2.75) is 6.92 Å². The molecule has 0 spiro atoms. The van der Waals surface area contributed by atoms with Crippen LogP contribution in [0.15, 0.2) is 24.3 Å². The van der Waals surface area contributed by atoms with E-state index in [1.807, 2.05) is 6.92 Å². The number of nitrogens with one attached hydrogen (secondary N) is 1. The Bertz CT molecular complexity index is 311. The number of likely N-dealkylation sites (N-methyl/N-ethyl adjacent to an activating group) is 1. The van der Waals surface area contributed by atoms with Gasteiger partial charge in [-0.2, -0.15) is 0 Å². The van der Waals surface area contributed by atoms with Gasteiger partial charge in [0, 0.05) is 18.7 Å². The van der Waals surface area contributed by atoms with Crippen LogP contribution >= 0.6 is 0 Å². The van der Waals surface area contributed by atoms with Crippen LogP contribution in [-0.4, -0.2) is 24.6 Å². The maximum Gasteiger partial charge on any atom is 0.269 e. The average Bonchev–Trinajstić information content (AvgIpc) is 2.25. The lowest BCUT2D eigenvalue weighted by Gasteiger charge is -2.05. The second kappa shape index (κ2) is 5.98. The first-order valence-electron chi connectivity index (χ1n) is 4.82. The van der Waals surface area contributed by atoms with Crippen LogP contribution < -0.4 is 10.1 Å². The number of nitro benzene ring substituents is 1. The summed E-state index contributed by atoms with van der Waals surface area (Å²) in [5.41, 5.74) is 0.0778. The molecule has 5 heteroatoms. The monoisotopic (exact) mass is 210 g/mol. The Morgan fingerprint density at radius 3 is 2.60 bits per heavy atom. The fourth-order valence-corrected chi connectivity index (χ4v) is 1.08. The number of nitrogens with zero attached hydrogens (tertiary/aromatic N) is 1. The fraction of sp³-hybridized carbons (Fsp3) is 0.400. The predicted molar refractivity (Wildman–Crippen MR) is 57.1 cm³/mol. The van der Waals surface area contributed by atoms with Gasteiger partial charge in [-0.1, -0.05) is 6.92 Å². The maximum absolute atomic E-state index is 10.4. The Morgan fingerprint density at radius 1 is 1.40 bits per heavy atom. The van der Waals surface area contributed by atoms with Gasteiger partial charge in [0.25, 0.3) is 5.69 Å². The lowest BCUT2D eigenvalue weighted by atomic mass is 10.3. The largest absolute Gasteiger partial charge is 0.492 e. The molecule has 0 bridgehead atoms. The van der Waals surface area contributed by atoms with Gasteiger partial charge in [0.2, 0.25) is 0 Å². The van der Waals surface area contributed by atoms with E-state index in [0.29, 0.717) is 12.4 Å². The number of benzene rings is 1. The zero-order valence-electron chi connectivity index (χ0n) is 8.60. The van der Waals surface area contributed by atoms with Crippen LogP contribution in [0.1, 0.15) is 6.92 Å². The molecule has 1 rings (SSSR count). The van der Waals surface area contributed by atoms with E-state index < -0.39 is 4.92 Å². The Labute approximate surface area is 88.2 Å². The zero-order valence-corrected chi connectivity index (χ0v) is 8.60. The molecule has 0 heterocycles. The summed E-state index contributed by atoms with van der Waals surface area (Å²) in [6, 6.07) is 6.07. The van der Waals surface area contributed by atoms with E-state index in [2.05, 4.69) is 5.32 Å². The SMILES string of the molecule is CCNCCOc1ccc([N+](=O)[O-])cc1. The first-order chi connectivity index (χ1) is 7.24. The summed E-state index contributed by atoms with van der Waals surface area (Å²) >= 11 is 0. The standard InChI is InChI=1S/C10H14N2O3/c1-2-11-7-8-15-10-5-3-9(4-6-10)12(13)14/h3-6,11H,2,7-8H2,1H3. The van der Waals surface area contributed by atoms with Crippen LogP contribution in [0.2, 0.25) is 0 Å². The highest BCUT2D eigenvalue weighted by Gasteiger charge is 2.03. The minimum atomic E-state index is -0.428. The van der Waals surface area contributed by atoms with E-state index in [4.69, 9.17) is 4.74 Å². The Balaban J connectivity index is 2.39. The number of hydrogen-bond acceptors (Lipinski definition) is 4. The van der Waals surface area contributed by atoms with Crippen LogP contribution in [0.4, 0.5) is 5.69 Å². The number of non-ortho nitro benzene ring substituents is 1. The van der Waals surface area contributed by atoms with Gasteiger partial charge in [0.05, 0.1) is 4.92 Å². The van der Waals surface area contributed by atoms with Crippen molar-refractivity contribution < 1.29 is 9.66 Å². The van der Waals surface area contributed by atoms with Crippen LogP contribution in [0.5, 0.6) is 5.75 Å². The first-order valence-corrected chi connectivity index (χ1v) is 4.82. The second-order valence-electron chi connectivity index (χ2n) is 2.95. The molecule has 0 aliphatic carbocycles. The van der Waals surface area contributed by atoms with Crippen molar-refractivity contribution in [3.05, 3.63) is 34.4 Å². The molecule has 15 heavy (non-hydrogen) atoms. The highest BCUT2D eigenvalue weighted by molar-refractivity contribution is 5.35. The van der Waals surface area contributed by atoms with Crippen molar-refractivity contribution in [1.82, 2.24) is 5.32 Å². The molecule has 0 aliphatic heterocycles. The normalized spacial score (nSPS) is 9.93. The molecule has 5 nitrogen and oxygen atoms in total. The lowest BCUT2D eigenvalue weighted by Crippen LogP contribution is -2.20. The predicted octanol–water partition coefficient (Wildman–Crippen LogP) is 1.58. The summed E-state index contributed by atoms with van der Waals surface area (Å²) in [5, 5.41) is 13.5. The Morgan fingerprint density at radius 2 is 2.07 bits per heavy atom. The number of nitro groups is 1. The molecule has 0 aliphatic rings. The van der Waals surface area contributed by atoms with E-state index in [9.17, 15) is 10.1 Å². The van der Waals surface area contributed by atoms with Gasteiger partial charge in [-0.3, -0.25) is 10.1 Å². The molecular weight excluding hydrogens is 196 g/mol. The molecule has 1 aromatic carbocycles. The summed E-state index contributed by atoms with van der Waals surface area (Å²) in [5.74, 6) is 0.651. The molecule has 0 saturated carbocycles. The minimum absolute atomic E-state index is 0.0778. The zero-order chi connectivity index (χ0) is 11.1. The quantitative estimate of drug-likeness (QED) is 0.440. The Hall–Kier alpha value is -1.62. The molecule has 0 atom stereocenters. The first kappa shape index (κ1) is 11.5. The number of ether oxygens (including phenoxy) is 1. The molecule has 1 N–H and O–H groups in total. The van der Waals surface area contributed by atoms with Crippen LogP contribution in [-0.2, 0) is 0 Å². The summed E-state index contributed by atoms with van der Waals surface area (Å²) < 4.78 is 5.36. The van der Waals surface area contributed by atoms with Crippen molar-refractivity contribution in [2.24, 2.45) is 0 Å². The third-order valence-corrected chi connectivity index (χ3v) is 1.85. The van der Waals surface area contributed by atoms with E-state index in [1.165, 1.54) is 12.1 Å². The van der Waals surface area contributed by atoms with Gasteiger partial charge in [-0.15, -0.1) is 0 Å². The number of hydrogen-bond donors (Lipinski definition) is 1. The van der Waals surface area contributed by atoms with Gasteiger partial charge < -0.3 is 10.1 Å². The van der Waals surface area contributed by atoms with Crippen molar-refractivity contribution in [1.29, 1.82) is 0 Å². The van der Waals surface area contributed by atoms with Gasteiger partial charge in [-0.05, 0) is 18.7 Å². The van der Waals surface area contributed by atoms with Crippen molar-refractivity contribution in [3.63, 3.8) is 0 Å². The topological polar surface area (TPSA) is 64.4 Å². The van der Waals surface area contributed by atoms with E-state index in [1.54, 1.807) is 12.1 Å². The third kappa shape index (κ3) is 3.95. The molecule has 0 unspecified atom stereocenters. The summed E-state index contributed by atoms with van der Waals surface area (Å²) in [4.78, 5) is 9.94. The summed E-state index contributed by atoms with van der Waals surface area (Å²) in [6.07, 6.45) is 0. The molecule has 1 aromatic rings. The number of rotatable bonds is 6. The molecule has 0 radical (unpaired) electrons. The second-order valence-corrected chi connectivity index (χ2v) is 2.95. The maximum atomic E-state index is 10.4. The molecular formula is C10H14N2O3. The molecule has 0 amide bonds. The Kier molecular flexibility index (Phi) is 4.56. The molecule has 82 valence electrons. The summed E-state index contributed by atoms with van der Waals surface area (Å²) in [7, 11) is 0. The van der Waals surface area contributed by atoms with E-state index in [-0.39, 0.29) is 5.69 Å². The van der Waals surface area contributed by atoms with Crippen molar-refractivity contribution in [3.8, 4) is 5.75 Å². The highest BCUT2D eigenvalue weighted by Crippen LogP contribution is 2.16.